The Balaban J connectivity index is 1.39. The van der Waals surface area contributed by atoms with Gasteiger partial charge in [-0.1, -0.05) is 36.4 Å². The molecule has 0 spiro atoms. The smallest absolute Gasteiger partial charge is 0.245 e. The minimum Gasteiger partial charge on any atom is -0.473 e. The fraction of sp³-hybridized carbons (Fsp3) is 0.217. The molecule has 7 heteroatoms. The van der Waals surface area contributed by atoms with Crippen molar-refractivity contribution in [2.24, 2.45) is 0 Å². The highest BCUT2D eigenvalue weighted by Crippen LogP contribution is 2.28. The molecule has 0 saturated carbocycles. The lowest BCUT2D eigenvalue weighted by atomic mass is 10.2. The first kappa shape index (κ1) is 19.0. The number of hydrogen-bond acceptors (Lipinski definition) is 5. The van der Waals surface area contributed by atoms with Crippen molar-refractivity contribution in [3.63, 3.8) is 0 Å². The Morgan fingerprint density at radius 3 is 2.63 bits per heavy atom. The Bertz CT molecular complexity index is 1350. The van der Waals surface area contributed by atoms with Gasteiger partial charge in [0.15, 0.2) is 0 Å². The minimum atomic E-state index is -3.67. The predicted octanol–water partition coefficient (Wildman–Crippen LogP) is 3.93. The van der Waals surface area contributed by atoms with Crippen LogP contribution in [0, 0.1) is 6.92 Å². The summed E-state index contributed by atoms with van der Waals surface area (Å²) in [6.45, 7) is 2.56. The van der Waals surface area contributed by atoms with Crippen LogP contribution in [-0.4, -0.2) is 41.9 Å². The number of ether oxygens (including phenoxy) is 1. The normalized spacial score (nSPS) is 17.6. The summed E-state index contributed by atoms with van der Waals surface area (Å²) in [5, 5.41) is 1.85. The largest absolute Gasteiger partial charge is 0.473 e. The number of benzene rings is 2. The molecule has 1 unspecified atom stereocenters. The molecule has 2 aromatic carbocycles. The zero-order chi connectivity index (χ0) is 20.7. The van der Waals surface area contributed by atoms with Crippen molar-refractivity contribution < 1.29 is 13.2 Å². The molecule has 1 atom stereocenters. The Hall–Kier alpha value is -3.03. The SMILES string of the molecule is Cc1ccc2cccc(S(=O)(=O)N3CCC(Oc4ccc5ccccc5n4)C3)c2n1. The lowest BCUT2D eigenvalue weighted by molar-refractivity contribution is 0.207. The summed E-state index contributed by atoms with van der Waals surface area (Å²) >= 11 is 0. The van der Waals surface area contributed by atoms with Gasteiger partial charge in [-0.05, 0) is 37.6 Å². The highest BCUT2D eigenvalue weighted by atomic mass is 32.2. The zero-order valence-corrected chi connectivity index (χ0v) is 17.3. The van der Waals surface area contributed by atoms with Crippen LogP contribution in [-0.2, 0) is 10.0 Å². The van der Waals surface area contributed by atoms with Gasteiger partial charge in [0.2, 0.25) is 15.9 Å². The number of fused-ring (bicyclic) bond motifs is 2. The van der Waals surface area contributed by atoms with Crippen molar-refractivity contribution in [3.8, 4) is 5.88 Å². The summed E-state index contributed by atoms with van der Waals surface area (Å²) in [7, 11) is -3.67. The van der Waals surface area contributed by atoms with E-state index in [1.165, 1.54) is 4.31 Å². The number of para-hydroxylation sites is 2. The first-order valence-corrected chi connectivity index (χ1v) is 11.3. The van der Waals surface area contributed by atoms with Crippen molar-refractivity contribution in [2.45, 2.75) is 24.3 Å². The Morgan fingerprint density at radius 2 is 1.73 bits per heavy atom. The Kier molecular flexibility index (Phi) is 4.64. The van der Waals surface area contributed by atoms with Crippen LogP contribution in [0.3, 0.4) is 0 Å². The number of sulfonamides is 1. The van der Waals surface area contributed by atoms with Gasteiger partial charge < -0.3 is 4.74 Å². The molecule has 0 aliphatic carbocycles. The van der Waals surface area contributed by atoms with Gasteiger partial charge in [-0.2, -0.15) is 4.31 Å². The van der Waals surface area contributed by atoms with Crippen LogP contribution in [0.25, 0.3) is 21.8 Å². The van der Waals surface area contributed by atoms with Gasteiger partial charge in [0.1, 0.15) is 11.0 Å². The molecule has 4 aromatic rings. The van der Waals surface area contributed by atoms with Crippen molar-refractivity contribution >= 4 is 31.8 Å². The number of nitrogens with zero attached hydrogens (tertiary/aromatic N) is 3. The summed E-state index contributed by atoms with van der Waals surface area (Å²) in [5.41, 5.74) is 2.16. The van der Waals surface area contributed by atoms with E-state index in [0.29, 0.717) is 30.9 Å². The summed E-state index contributed by atoms with van der Waals surface area (Å²) in [5.74, 6) is 0.514. The van der Waals surface area contributed by atoms with E-state index in [1.807, 2.05) is 61.5 Å². The summed E-state index contributed by atoms with van der Waals surface area (Å²) in [4.78, 5) is 9.26. The first-order valence-electron chi connectivity index (χ1n) is 9.90. The van der Waals surface area contributed by atoms with Crippen LogP contribution < -0.4 is 4.74 Å². The van der Waals surface area contributed by atoms with Crippen LogP contribution in [0.4, 0.5) is 0 Å². The predicted molar refractivity (Wildman–Crippen MR) is 116 cm³/mol. The molecule has 0 radical (unpaired) electrons. The maximum Gasteiger partial charge on any atom is 0.245 e. The zero-order valence-electron chi connectivity index (χ0n) is 16.5. The quantitative estimate of drug-likeness (QED) is 0.501. The standard InChI is InChI=1S/C23H21N3O3S/c1-16-9-10-18-6-4-8-21(23(18)24-16)30(27,28)26-14-13-19(15-26)29-22-12-11-17-5-2-3-7-20(17)25-22/h2-12,19H,13-15H2,1H3. The molecule has 0 N–H and O–H groups in total. The highest BCUT2D eigenvalue weighted by Gasteiger charge is 2.35. The van der Waals surface area contributed by atoms with E-state index in [4.69, 9.17) is 4.74 Å². The van der Waals surface area contributed by atoms with Crippen molar-refractivity contribution in [2.75, 3.05) is 13.1 Å². The molecule has 1 fully saturated rings. The van der Waals surface area contributed by atoms with Gasteiger partial charge in [-0.15, -0.1) is 0 Å². The fourth-order valence-corrected chi connectivity index (χ4v) is 5.51. The monoisotopic (exact) mass is 419 g/mol. The van der Waals surface area contributed by atoms with E-state index in [9.17, 15) is 8.42 Å². The molecular formula is C23H21N3O3S. The molecule has 152 valence electrons. The molecule has 5 rings (SSSR count). The first-order chi connectivity index (χ1) is 14.5. The highest BCUT2D eigenvalue weighted by molar-refractivity contribution is 7.89. The number of pyridine rings is 2. The topological polar surface area (TPSA) is 72.4 Å². The molecule has 30 heavy (non-hydrogen) atoms. The number of rotatable bonds is 4. The molecule has 0 bridgehead atoms. The molecule has 1 saturated heterocycles. The second-order valence-corrected chi connectivity index (χ2v) is 9.42. The molecule has 2 aromatic heterocycles. The average Bonchev–Trinajstić information content (AvgIpc) is 3.22. The van der Waals surface area contributed by atoms with E-state index in [-0.39, 0.29) is 11.0 Å². The maximum absolute atomic E-state index is 13.3. The van der Waals surface area contributed by atoms with Crippen LogP contribution in [0.5, 0.6) is 5.88 Å². The minimum absolute atomic E-state index is 0.238. The number of hydrogen-bond donors (Lipinski definition) is 0. The van der Waals surface area contributed by atoms with E-state index >= 15 is 0 Å². The molecule has 3 heterocycles. The molecular weight excluding hydrogens is 398 g/mol. The third-order valence-electron chi connectivity index (χ3n) is 5.41. The van der Waals surface area contributed by atoms with Crippen molar-refractivity contribution in [1.29, 1.82) is 0 Å². The third-order valence-corrected chi connectivity index (χ3v) is 7.31. The second-order valence-electron chi connectivity index (χ2n) is 7.51. The second kappa shape index (κ2) is 7.34. The molecule has 0 amide bonds. The average molecular weight is 420 g/mol. The van der Waals surface area contributed by atoms with Gasteiger partial charge in [0.25, 0.3) is 0 Å². The van der Waals surface area contributed by atoms with Crippen LogP contribution in [0.1, 0.15) is 12.1 Å². The van der Waals surface area contributed by atoms with E-state index in [2.05, 4.69) is 9.97 Å². The Morgan fingerprint density at radius 1 is 0.933 bits per heavy atom. The van der Waals surface area contributed by atoms with Gasteiger partial charge in [0, 0.05) is 29.1 Å². The third kappa shape index (κ3) is 3.40. The summed E-state index contributed by atoms with van der Waals surface area (Å²) < 4.78 is 34.2. The van der Waals surface area contributed by atoms with E-state index in [1.54, 1.807) is 12.1 Å². The lowest BCUT2D eigenvalue weighted by Crippen LogP contribution is -2.31. The molecule has 6 nitrogen and oxygen atoms in total. The summed E-state index contributed by atoms with van der Waals surface area (Å²) in [6, 6.07) is 20.7. The van der Waals surface area contributed by atoms with Crippen LogP contribution >= 0.6 is 0 Å². The number of aromatic nitrogens is 2. The van der Waals surface area contributed by atoms with E-state index in [0.717, 1.165) is 22.0 Å². The van der Waals surface area contributed by atoms with Crippen molar-refractivity contribution in [3.05, 3.63) is 72.4 Å². The van der Waals surface area contributed by atoms with Crippen LogP contribution in [0.15, 0.2) is 71.6 Å². The van der Waals surface area contributed by atoms with Gasteiger partial charge in [-0.3, -0.25) is 4.98 Å². The van der Waals surface area contributed by atoms with Gasteiger partial charge in [0.05, 0.1) is 17.6 Å². The van der Waals surface area contributed by atoms with E-state index < -0.39 is 10.0 Å². The van der Waals surface area contributed by atoms with Gasteiger partial charge in [-0.25, -0.2) is 13.4 Å². The molecule has 1 aliphatic rings. The van der Waals surface area contributed by atoms with Crippen molar-refractivity contribution in [1.82, 2.24) is 14.3 Å². The maximum atomic E-state index is 13.3. The fourth-order valence-electron chi connectivity index (χ4n) is 3.86. The van der Waals surface area contributed by atoms with Crippen LogP contribution in [0.2, 0.25) is 0 Å². The van der Waals surface area contributed by atoms with Gasteiger partial charge >= 0.3 is 0 Å². The number of aryl methyl sites for hydroxylation is 1. The molecule has 1 aliphatic heterocycles. The Labute approximate surface area is 175 Å². The summed E-state index contributed by atoms with van der Waals surface area (Å²) in [6.07, 6.45) is 0.378. The lowest BCUT2D eigenvalue weighted by Gasteiger charge is -2.18.